The molecule has 0 aromatic heterocycles. The maximum absolute atomic E-state index is 11.6. The number of amides is 1. The zero-order chi connectivity index (χ0) is 11.3. The predicted octanol–water partition coefficient (Wildman–Crippen LogP) is 0.333. The Morgan fingerprint density at radius 2 is 1.93 bits per heavy atom. The molecule has 0 aliphatic carbocycles. The van der Waals surface area contributed by atoms with E-state index in [-0.39, 0.29) is 12.3 Å². The minimum atomic E-state index is -0.488. The number of carbonyl (C=O) groups is 2. The molecule has 1 amide bonds. The van der Waals surface area contributed by atoms with Gasteiger partial charge in [-0.2, -0.15) is 0 Å². The molecule has 3 N–H and O–H groups in total. The van der Waals surface area contributed by atoms with Crippen LogP contribution in [-0.2, 0) is 4.79 Å². The number of hydrogen-bond acceptors (Lipinski definition) is 3. The largest absolute Gasteiger partial charge is 0.368 e. The quantitative estimate of drug-likeness (QED) is 0.682. The van der Waals surface area contributed by atoms with Gasteiger partial charge in [-0.25, -0.2) is 0 Å². The lowest BCUT2D eigenvalue weighted by atomic mass is 10.1. The summed E-state index contributed by atoms with van der Waals surface area (Å²) >= 11 is 0. The summed E-state index contributed by atoms with van der Waals surface area (Å²) in [5.41, 5.74) is 5.67. The van der Waals surface area contributed by atoms with Crippen molar-refractivity contribution >= 4 is 11.7 Å². The molecular weight excluding hydrogens is 192 g/mol. The summed E-state index contributed by atoms with van der Waals surface area (Å²) in [5.74, 6) is -0.514. The second-order valence-electron chi connectivity index (χ2n) is 3.29. The molecule has 80 valence electrons. The highest BCUT2D eigenvalue weighted by Crippen LogP contribution is 1.98. The lowest BCUT2D eigenvalue weighted by Gasteiger charge is -2.08. The number of Topliss-reactive ketones (excluding diaryl/α,β-unsaturated/α-hetero) is 1. The van der Waals surface area contributed by atoms with Crippen LogP contribution >= 0.6 is 0 Å². The van der Waals surface area contributed by atoms with Gasteiger partial charge in [0, 0.05) is 5.56 Å². The summed E-state index contributed by atoms with van der Waals surface area (Å²) < 4.78 is 0. The standard InChI is InChI=1S/C11H14N2O2/c1-8(11(12)15)13-7-10(14)9-5-3-2-4-6-9/h2-6,8,13H,7H2,1H3,(H2,12,15). The Hall–Kier alpha value is -1.68. The van der Waals surface area contributed by atoms with Crippen molar-refractivity contribution in [2.75, 3.05) is 6.54 Å². The third-order valence-corrected chi connectivity index (χ3v) is 2.09. The summed E-state index contributed by atoms with van der Waals surface area (Å²) in [6.07, 6.45) is 0. The Balaban J connectivity index is 2.47. The highest BCUT2D eigenvalue weighted by molar-refractivity contribution is 5.97. The number of hydrogen-bond donors (Lipinski definition) is 2. The van der Waals surface area contributed by atoms with Gasteiger partial charge in [0.05, 0.1) is 12.6 Å². The maximum Gasteiger partial charge on any atom is 0.234 e. The van der Waals surface area contributed by atoms with Crippen molar-refractivity contribution < 1.29 is 9.59 Å². The van der Waals surface area contributed by atoms with Crippen LogP contribution in [-0.4, -0.2) is 24.3 Å². The number of ketones is 1. The normalized spacial score (nSPS) is 12.1. The fourth-order valence-electron chi connectivity index (χ4n) is 1.07. The van der Waals surface area contributed by atoms with Gasteiger partial charge in [0.25, 0.3) is 0 Å². The molecule has 1 atom stereocenters. The SMILES string of the molecule is CC(NCC(=O)c1ccccc1)C(N)=O. The van der Waals surface area contributed by atoms with E-state index >= 15 is 0 Å². The van der Waals surface area contributed by atoms with Crippen LogP contribution in [0.4, 0.5) is 0 Å². The topological polar surface area (TPSA) is 72.2 Å². The number of primary amides is 1. The molecule has 1 rings (SSSR count). The highest BCUT2D eigenvalue weighted by atomic mass is 16.1. The molecule has 0 spiro atoms. The summed E-state index contributed by atoms with van der Waals surface area (Å²) in [6, 6.07) is 8.42. The van der Waals surface area contributed by atoms with E-state index in [2.05, 4.69) is 5.32 Å². The second-order valence-corrected chi connectivity index (χ2v) is 3.29. The molecule has 0 fully saturated rings. The van der Waals surface area contributed by atoms with E-state index < -0.39 is 11.9 Å². The first-order valence-electron chi connectivity index (χ1n) is 4.72. The van der Waals surface area contributed by atoms with Gasteiger partial charge in [-0.3, -0.25) is 14.9 Å². The molecule has 1 aromatic rings. The molecule has 4 heteroatoms. The van der Waals surface area contributed by atoms with Gasteiger partial charge >= 0.3 is 0 Å². The first kappa shape index (κ1) is 11.4. The average molecular weight is 206 g/mol. The Morgan fingerprint density at radius 3 is 2.47 bits per heavy atom. The monoisotopic (exact) mass is 206 g/mol. The number of carbonyl (C=O) groups excluding carboxylic acids is 2. The third-order valence-electron chi connectivity index (χ3n) is 2.09. The Bertz CT molecular complexity index is 349. The first-order chi connectivity index (χ1) is 7.11. The zero-order valence-electron chi connectivity index (χ0n) is 8.57. The van der Waals surface area contributed by atoms with Crippen LogP contribution in [0.15, 0.2) is 30.3 Å². The van der Waals surface area contributed by atoms with E-state index in [1.165, 1.54) is 0 Å². The molecule has 0 saturated heterocycles. The lowest BCUT2D eigenvalue weighted by Crippen LogP contribution is -2.41. The van der Waals surface area contributed by atoms with Crippen molar-refractivity contribution in [3.05, 3.63) is 35.9 Å². The summed E-state index contributed by atoms with van der Waals surface area (Å²) in [5, 5.41) is 2.76. The van der Waals surface area contributed by atoms with E-state index in [4.69, 9.17) is 5.73 Å². The van der Waals surface area contributed by atoms with Crippen LogP contribution in [0, 0.1) is 0 Å². The molecule has 0 bridgehead atoms. The first-order valence-corrected chi connectivity index (χ1v) is 4.72. The number of nitrogens with two attached hydrogens (primary N) is 1. The van der Waals surface area contributed by atoms with Crippen molar-refractivity contribution in [2.24, 2.45) is 5.73 Å². The van der Waals surface area contributed by atoms with Gasteiger partial charge in [-0.1, -0.05) is 30.3 Å². The molecule has 1 aromatic carbocycles. The molecule has 0 aliphatic heterocycles. The van der Waals surface area contributed by atoms with Gasteiger partial charge in [-0.05, 0) is 6.92 Å². The average Bonchev–Trinajstić information content (AvgIpc) is 2.26. The molecular formula is C11H14N2O2. The Kier molecular flexibility index (Phi) is 4.00. The van der Waals surface area contributed by atoms with Crippen molar-refractivity contribution in [1.29, 1.82) is 0 Å². The van der Waals surface area contributed by atoms with Gasteiger partial charge in [-0.15, -0.1) is 0 Å². The molecule has 0 aliphatic rings. The van der Waals surface area contributed by atoms with Gasteiger partial charge in [0.2, 0.25) is 5.91 Å². The van der Waals surface area contributed by atoms with E-state index in [1.807, 2.05) is 6.07 Å². The van der Waals surface area contributed by atoms with Crippen LogP contribution in [0.5, 0.6) is 0 Å². The predicted molar refractivity (Wildman–Crippen MR) is 57.4 cm³/mol. The molecule has 0 heterocycles. The number of rotatable bonds is 5. The van der Waals surface area contributed by atoms with Gasteiger partial charge < -0.3 is 5.73 Å². The fourth-order valence-corrected chi connectivity index (χ4v) is 1.07. The molecule has 0 radical (unpaired) electrons. The van der Waals surface area contributed by atoms with E-state index in [0.29, 0.717) is 5.56 Å². The summed E-state index contributed by atoms with van der Waals surface area (Å²) in [6.45, 7) is 1.74. The summed E-state index contributed by atoms with van der Waals surface area (Å²) in [4.78, 5) is 22.3. The van der Waals surface area contributed by atoms with E-state index in [9.17, 15) is 9.59 Å². The number of benzene rings is 1. The zero-order valence-corrected chi connectivity index (χ0v) is 8.57. The van der Waals surface area contributed by atoms with Crippen LogP contribution in [0.3, 0.4) is 0 Å². The van der Waals surface area contributed by atoms with Crippen LogP contribution in [0.25, 0.3) is 0 Å². The van der Waals surface area contributed by atoms with Gasteiger partial charge in [0.1, 0.15) is 0 Å². The molecule has 0 saturated carbocycles. The Morgan fingerprint density at radius 1 is 1.33 bits per heavy atom. The molecule has 15 heavy (non-hydrogen) atoms. The molecule has 4 nitrogen and oxygen atoms in total. The number of nitrogens with one attached hydrogen (secondary N) is 1. The van der Waals surface area contributed by atoms with Crippen molar-refractivity contribution in [1.82, 2.24) is 5.32 Å². The fraction of sp³-hybridized carbons (Fsp3) is 0.273. The highest BCUT2D eigenvalue weighted by Gasteiger charge is 2.10. The lowest BCUT2D eigenvalue weighted by molar-refractivity contribution is -0.119. The van der Waals surface area contributed by atoms with Crippen molar-refractivity contribution in [3.8, 4) is 0 Å². The molecule has 1 unspecified atom stereocenters. The Labute approximate surface area is 88.5 Å². The summed E-state index contributed by atoms with van der Waals surface area (Å²) in [7, 11) is 0. The minimum absolute atomic E-state index is 0.0521. The smallest absolute Gasteiger partial charge is 0.234 e. The van der Waals surface area contributed by atoms with Crippen molar-refractivity contribution in [2.45, 2.75) is 13.0 Å². The maximum atomic E-state index is 11.6. The van der Waals surface area contributed by atoms with Crippen LogP contribution < -0.4 is 11.1 Å². The van der Waals surface area contributed by atoms with Gasteiger partial charge in [0.15, 0.2) is 5.78 Å². The second kappa shape index (κ2) is 5.26. The van der Waals surface area contributed by atoms with Crippen molar-refractivity contribution in [3.63, 3.8) is 0 Å². The van der Waals surface area contributed by atoms with Crippen LogP contribution in [0.1, 0.15) is 17.3 Å². The third kappa shape index (κ3) is 3.52. The van der Waals surface area contributed by atoms with E-state index in [0.717, 1.165) is 0 Å². The van der Waals surface area contributed by atoms with E-state index in [1.54, 1.807) is 31.2 Å². The van der Waals surface area contributed by atoms with Crippen LogP contribution in [0.2, 0.25) is 0 Å². The minimum Gasteiger partial charge on any atom is -0.368 e.